The van der Waals surface area contributed by atoms with Crippen LogP contribution in [0.25, 0.3) is 10.4 Å². The highest BCUT2D eigenvalue weighted by atomic mass is 79.9. The van der Waals surface area contributed by atoms with Gasteiger partial charge in [-0.25, -0.2) is 9.78 Å². The molecule has 0 fully saturated rings. The quantitative estimate of drug-likeness (QED) is 0.868. The second kappa shape index (κ2) is 5.58. The van der Waals surface area contributed by atoms with Gasteiger partial charge in [0.2, 0.25) is 0 Å². The fourth-order valence-electron chi connectivity index (χ4n) is 1.56. The summed E-state index contributed by atoms with van der Waals surface area (Å²) in [4.78, 5) is 16.4. The summed E-state index contributed by atoms with van der Waals surface area (Å²) >= 11 is 4.67. The standard InChI is InChI=1S/C12H11BrN2O3S/c1-17-6-3-4-8(13)7(5-6)10-9(11(16)18-2)15-12(14)19-10/h3-5H,1-2H3,(H2,14,15). The maximum Gasteiger partial charge on any atom is 0.358 e. The smallest absolute Gasteiger partial charge is 0.358 e. The molecule has 19 heavy (non-hydrogen) atoms. The molecule has 0 saturated carbocycles. The number of aromatic nitrogens is 1. The van der Waals surface area contributed by atoms with Crippen LogP contribution in [-0.2, 0) is 4.74 Å². The first-order valence-corrected chi connectivity index (χ1v) is 6.86. The molecule has 0 aliphatic heterocycles. The Morgan fingerprint density at radius 2 is 2.16 bits per heavy atom. The molecule has 2 N–H and O–H groups in total. The molecule has 1 aromatic carbocycles. The number of anilines is 1. The number of carbonyl (C=O) groups excluding carboxylic acids is 1. The van der Waals surface area contributed by atoms with Crippen LogP contribution in [0.4, 0.5) is 5.13 Å². The third-order valence-corrected chi connectivity index (χ3v) is 4.05. The number of carbonyl (C=O) groups is 1. The number of halogens is 1. The summed E-state index contributed by atoms with van der Waals surface area (Å²) in [7, 11) is 2.89. The monoisotopic (exact) mass is 342 g/mol. The Kier molecular flexibility index (Phi) is 4.06. The van der Waals surface area contributed by atoms with E-state index in [4.69, 9.17) is 15.2 Å². The van der Waals surface area contributed by atoms with Gasteiger partial charge in [0.05, 0.1) is 19.1 Å². The molecule has 0 saturated heterocycles. The van der Waals surface area contributed by atoms with Crippen LogP contribution in [0.15, 0.2) is 22.7 Å². The van der Waals surface area contributed by atoms with Gasteiger partial charge in [-0.2, -0.15) is 0 Å². The highest BCUT2D eigenvalue weighted by Crippen LogP contribution is 2.38. The van der Waals surface area contributed by atoms with E-state index in [1.807, 2.05) is 18.2 Å². The number of thiazole rings is 1. The molecule has 0 aliphatic rings. The van der Waals surface area contributed by atoms with Crippen molar-refractivity contribution in [2.75, 3.05) is 20.0 Å². The zero-order valence-electron chi connectivity index (χ0n) is 10.3. The molecule has 0 atom stereocenters. The number of nitrogens with zero attached hydrogens (tertiary/aromatic N) is 1. The number of nitrogens with two attached hydrogens (primary N) is 1. The van der Waals surface area contributed by atoms with E-state index in [2.05, 4.69) is 20.9 Å². The first-order chi connectivity index (χ1) is 9.06. The molecule has 0 spiro atoms. The number of benzene rings is 1. The van der Waals surface area contributed by atoms with Crippen LogP contribution in [0.5, 0.6) is 5.75 Å². The summed E-state index contributed by atoms with van der Waals surface area (Å²) in [6.07, 6.45) is 0. The number of hydrogen-bond acceptors (Lipinski definition) is 6. The van der Waals surface area contributed by atoms with E-state index in [0.717, 1.165) is 10.0 Å². The van der Waals surface area contributed by atoms with Gasteiger partial charge in [-0.3, -0.25) is 0 Å². The molecule has 7 heteroatoms. The van der Waals surface area contributed by atoms with Crippen molar-refractivity contribution in [3.63, 3.8) is 0 Å². The van der Waals surface area contributed by atoms with E-state index < -0.39 is 5.97 Å². The minimum absolute atomic E-state index is 0.207. The predicted octanol–water partition coefficient (Wildman–Crippen LogP) is 2.95. The topological polar surface area (TPSA) is 74.4 Å². The predicted molar refractivity (Wildman–Crippen MR) is 77.6 cm³/mol. The molecule has 0 bridgehead atoms. The normalized spacial score (nSPS) is 10.3. The van der Waals surface area contributed by atoms with Gasteiger partial charge < -0.3 is 15.2 Å². The van der Waals surface area contributed by atoms with Crippen molar-refractivity contribution in [3.8, 4) is 16.2 Å². The Morgan fingerprint density at radius 1 is 1.42 bits per heavy atom. The van der Waals surface area contributed by atoms with E-state index in [0.29, 0.717) is 15.8 Å². The van der Waals surface area contributed by atoms with Crippen LogP contribution >= 0.6 is 27.3 Å². The first kappa shape index (κ1) is 13.8. The van der Waals surface area contributed by atoms with E-state index in [9.17, 15) is 4.79 Å². The molecule has 100 valence electrons. The van der Waals surface area contributed by atoms with Crippen molar-refractivity contribution < 1.29 is 14.3 Å². The number of ether oxygens (including phenoxy) is 2. The summed E-state index contributed by atoms with van der Waals surface area (Å²) in [5, 5.41) is 0.310. The maximum absolute atomic E-state index is 11.7. The van der Waals surface area contributed by atoms with E-state index in [1.165, 1.54) is 18.4 Å². The Bertz CT molecular complexity index is 627. The summed E-state index contributed by atoms with van der Waals surface area (Å²) in [5.41, 5.74) is 6.68. The van der Waals surface area contributed by atoms with Gasteiger partial charge >= 0.3 is 5.97 Å². The molecule has 5 nitrogen and oxygen atoms in total. The lowest BCUT2D eigenvalue weighted by Crippen LogP contribution is -2.03. The van der Waals surface area contributed by atoms with Gasteiger partial charge in [-0.15, -0.1) is 0 Å². The van der Waals surface area contributed by atoms with E-state index in [-0.39, 0.29) is 5.69 Å². The lowest BCUT2D eigenvalue weighted by atomic mass is 10.1. The Morgan fingerprint density at radius 3 is 2.79 bits per heavy atom. The van der Waals surface area contributed by atoms with Gasteiger partial charge in [0.15, 0.2) is 10.8 Å². The summed E-state index contributed by atoms with van der Waals surface area (Å²) in [5.74, 6) is 0.165. The molecule has 2 aromatic rings. The molecule has 1 aromatic heterocycles. The number of rotatable bonds is 3. The lowest BCUT2D eigenvalue weighted by Gasteiger charge is -2.06. The van der Waals surface area contributed by atoms with Crippen LogP contribution in [0.3, 0.4) is 0 Å². The van der Waals surface area contributed by atoms with Crippen LogP contribution in [0.1, 0.15) is 10.5 Å². The van der Waals surface area contributed by atoms with E-state index >= 15 is 0 Å². The van der Waals surface area contributed by atoms with Crippen molar-refractivity contribution >= 4 is 38.4 Å². The minimum atomic E-state index is -0.516. The number of methoxy groups -OCH3 is 2. The molecule has 1 heterocycles. The van der Waals surface area contributed by atoms with Gasteiger partial charge in [0.1, 0.15) is 5.75 Å². The van der Waals surface area contributed by atoms with Crippen molar-refractivity contribution in [3.05, 3.63) is 28.4 Å². The largest absolute Gasteiger partial charge is 0.497 e. The average molecular weight is 343 g/mol. The van der Waals surface area contributed by atoms with Crippen molar-refractivity contribution in [1.29, 1.82) is 0 Å². The van der Waals surface area contributed by atoms with Gasteiger partial charge in [0, 0.05) is 10.0 Å². The first-order valence-electron chi connectivity index (χ1n) is 5.25. The van der Waals surface area contributed by atoms with Crippen LogP contribution in [0.2, 0.25) is 0 Å². The third-order valence-electron chi connectivity index (χ3n) is 2.44. The second-order valence-electron chi connectivity index (χ2n) is 3.57. The highest BCUT2D eigenvalue weighted by molar-refractivity contribution is 9.10. The van der Waals surface area contributed by atoms with Gasteiger partial charge in [0.25, 0.3) is 0 Å². The molecule has 2 rings (SSSR count). The summed E-state index contributed by atoms with van der Waals surface area (Å²) in [6, 6.07) is 5.46. The van der Waals surface area contributed by atoms with Gasteiger partial charge in [-0.05, 0) is 18.2 Å². The Hall–Kier alpha value is -1.60. The Labute approximate surface area is 122 Å². The van der Waals surface area contributed by atoms with E-state index in [1.54, 1.807) is 7.11 Å². The van der Waals surface area contributed by atoms with Crippen molar-refractivity contribution in [2.24, 2.45) is 0 Å². The summed E-state index contributed by atoms with van der Waals surface area (Å²) in [6.45, 7) is 0. The maximum atomic E-state index is 11.7. The number of nitrogen functional groups attached to an aromatic ring is 1. The highest BCUT2D eigenvalue weighted by Gasteiger charge is 2.21. The molecule has 0 radical (unpaired) electrons. The Balaban J connectivity index is 2.61. The fraction of sp³-hybridized carbons (Fsp3) is 0.167. The summed E-state index contributed by atoms with van der Waals surface area (Å²) < 4.78 is 10.7. The zero-order chi connectivity index (χ0) is 14.0. The zero-order valence-corrected chi connectivity index (χ0v) is 12.7. The van der Waals surface area contributed by atoms with Crippen molar-refractivity contribution in [2.45, 2.75) is 0 Å². The van der Waals surface area contributed by atoms with Crippen LogP contribution in [0, 0.1) is 0 Å². The SMILES string of the molecule is COC(=O)c1nc(N)sc1-c1cc(OC)ccc1Br. The molecule has 0 unspecified atom stereocenters. The van der Waals surface area contributed by atoms with Crippen LogP contribution in [-0.4, -0.2) is 25.2 Å². The molecular weight excluding hydrogens is 332 g/mol. The number of hydrogen-bond donors (Lipinski definition) is 1. The number of esters is 1. The van der Waals surface area contributed by atoms with Crippen molar-refractivity contribution in [1.82, 2.24) is 4.98 Å². The molecule has 0 aliphatic carbocycles. The van der Waals surface area contributed by atoms with Crippen LogP contribution < -0.4 is 10.5 Å². The van der Waals surface area contributed by atoms with Gasteiger partial charge in [-0.1, -0.05) is 27.3 Å². The third kappa shape index (κ3) is 2.71. The minimum Gasteiger partial charge on any atom is -0.497 e. The lowest BCUT2D eigenvalue weighted by molar-refractivity contribution is 0.0596. The molecular formula is C12H11BrN2O3S. The average Bonchev–Trinajstić information content (AvgIpc) is 2.80. The second-order valence-corrected chi connectivity index (χ2v) is 5.45. The molecule has 0 amide bonds. The fourth-order valence-corrected chi connectivity index (χ4v) is 2.99.